The van der Waals surface area contributed by atoms with Gasteiger partial charge in [0.1, 0.15) is 29.6 Å². The van der Waals surface area contributed by atoms with E-state index in [1.807, 2.05) is 6.07 Å². The molecule has 2 heterocycles. The van der Waals surface area contributed by atoms with Crippen LogP contribution in [0.4, 0.5) is 8.78 Å². The summed E-state index contributed by atoms with van der Waals surface area (Å²) in [6.45, 7) is 0.704. The molecule has 4 rings (SSSR count). The number of hydrogen-bond acceptors (Lipinski definition) is 4. The number of halogens is 2. The number of aliphatic hydroxyl groups is 2. The van der Waals surface area contributed by atoms with Crippen molar-refractivity contribution in [2.75, 3.05) is 13.1 Å². The molecular weight excluding hydrogens is 392 g/mol. The van der Waals surface area contributed by atoms with Crippen molar-refractivity contribution in [2.24, 2.45) is 0 Å². The summed E-state index contributed by atoms with van der Waals surface area (Å²) in [7, 11) is 0.455. The largest absolute Gasteiger partial charge is 0.487 e. The number of aryl methyl sites for hydroxylation is 2. The molecule has 2 aromatic carbocycles. The van der Waals surface area contributed by atoms with Crippen LogP contribution in [0.5, 0.6) is 5.75 Å². The summed E-state index contributed by atoms with van der Waals surface area (Å²) >= 11 is 0. The van der Waals surface area contributed by atoms with E-state index < -0.39 is 12.2 Å². The third kappa shape index (κ3) is 4.86. The fourth-order valence-corrected chi connectivity index (χ4v) is 5.64. The lowest BCUT2D eigenvalue weighted by atomic mass is 9.99. The van der Waals surface area contributed by atoms with Gasteiger partial charge in [-0.15, -0.1) is 0 Å². The Labute approximate surface area is 171 Å². The normalized spacial score (nSPS) is 22.9. The molecule has 7 heteroatoms. The van der Waals surface area contributed by atoms with Crippen LogP contribution in [-0.4, -0.2) is 51.1 Å². The van der Waals surface area contributed by atoms with Crippen LogP contribution < -0.4 is 15.2 Å². The number of ether oxygens (including phenoxy) is 1. The predicted octanol–water partition coefficient (Wildman–Crippen LogP) is 1.73. The highest BCUT2D eigenvalue weighted by Crippen LogP contribution is 2.29. The second-order valence-corrected chi connectivity index (χ2v) is 9.40. The minimum atomic E-state index is -0.710. The Morgan fingerprint density at radius 1 is 0.966 bits per heavy atom. The Morgan fingerprint density at radius 2 is 1.66 bits per heavy atom. The van der Waals surface area contributed by atoms with E-state index in [9.17, 15) is 19.0 Å². The van der Waals surface area contributed by atoms with Crippen LogP contribution in [0.25, 0.3) is 0 Å². The van der Waals surface area contributed by atoms with Crippen LogP contribution in [0.15, 0.2) is 36.4 Å². The molecule has 0 saturated carbocycles. The molecule has 154 valence electrons. The predicted molar refractivity (Wildman–Crippen MR) is 108 cm³/mol. The van der Waals surface area contributed by atoms with Crippen LogP contribution in [0.3, 0.4) is 0 Å². The molecule has 0 aliphatic carbocycles. The molecule has 4 unspecified atom stereocenters. The van der Waals surface area contributed by atoms with E-state index in [0.717, 1.165) is 29.2 Å². The first-order chi connectivity index (χ1) is 14.0. The Kier molecular flexibility index (Phi) is 6.29. The zero-order valence-corrected chi connectivity index (χ0v) is 17.1. The summed E-state index contributed by atoms with van der Waals surface area (Å²) in [6.07, 6.45) is 1.32. The maximum Gasteiger partial charge on any atom is 0.126 e. The minimum absolute atomic E-state index is 0.144. The molecule has 4 atom stereocenters. The lowest BCUT2D eigenvalue weighted by Gasteiger charge is -2.31. The number of aliphatic hydroxyl groups excluding tert-OH is 2. The van der Waals surface area contributed by atoms with Gasteiger partial charge in [0.25, 0.3) is 0 Å². The Morgan fingerprint density at radius 3 is 2.48 bits per heavy atom. The second kappa shape index (κ2) is 8.91. The maximum absolute atomic E-state index is 13.3. The van der Waals surface area contributed by atoms with Gasteiger partial charge < -0.3 is 20.3 Å². The van der Waals surface area contributed by atoms with Gasteiger partial charge in [-0.1, -0.05) is 11.3 Å². The van der Waals surface area contributed by atoms with Gasteiger partial charge in [0.05, 0.1) is 15.6 Å². The first kappa shape index (κ1) is 20.5. The monoisotopic (exact) mass is 417 g/mol. The lowest BCUT2D eigenvalue weighted by molar-refractivity contribution is 0.0224. The molecule has 2 aliphatic rings. The summed E-state index contributed by atoms with van der Waals surface area (Å²) in [5.74, 6) is 0.138. The van der Waals surface area contributed by atoms with E-state index in [2.05, 4.69) is 5.32 Å². The zero-order valence-electron chi connectivity index (χ0n) is 16.1. The second-order valence-electron chi connectivity index (χ2n) is 7.83. The topological polar surface area (TPSA) is 61.7 Å². The number of benzene rings is 2. The van der Waals surface area contributed by atoms with Gasteiger partial charge in [0, 0.05) is 13.1 Å². The average molecular weight is 418 g/mol. The van der Waals surface area contributed by atoms with Gasteiger partial charge in [-0.3, -0.25) is 0 Å². The molecule has 3 N–H and O–H groups in total. The lowest BCUT2D eigenvalue weighted by Crippen LogP contribution is -2.45. The molecule has 0 saturated heterocycles. The molecule has 0 aromatic heterocycles. The van der Waals surface area contributed by atoms with Crippen molar-refractivity contribution in [3.63, 3.8) is 0 Å². The maximum atomic E-state index is 13.3. The van der Waals surface area contributed by atoms with Crippen molar-refractivity contribution in [1.82, 2.24) is 5.32 Å². The molecule has 29 heavy (non-hydrogen) atoms. The highest BCUT2D eigenvalue weighted by molar-refractivity contribution is 6.56. The third-order valence-corrected chi connectivity index (χ3v) is 7.58. The quantitative estimate of drug-likeness (QED) is 0.627. The van der Waals surface area contributed by atoms with Crippen molar-refractivity contribution in [2.45, 2.75) is 49.5 Å². The average Bonchev–Trinajstić information content (AvgIpc) is 2.72. The van der Waals surface area contributed by atoms with Crippen LogP contribution in [0.2, 0.25) is 5.54 Å². The molecule has 0 amide bonds. The van der Waals surface area contributed by atoms with E-state index in [4.69, 9.17) is 4.74 Å². The number of fused-ring (bicyclic) bond motifs is 2. The van der Waals surface area contributed by atoms with Crippen molar-refractivity contribution >= 4 is 14.7 Å². The number of nitrogens with one attached hydrogen (secondary N) is 1. The molecule has 2 aliphatic heterocycles. The number of hydrogen-bond donors (Lipinski definition) is 3. The molecule has 0 bridgehead atoms. The zero-order chi connectivity index (χ0) is 20.4. The highest BCUT2D eigenvalue weighted by atomic mass is 28.2. The Balaban J connectivity index is 1.24. The van der Waals surface area contributed by atoms with Gasteiger partial charge in [0.15, 0.2) is 0 Å². The van der Waals surface area contributed by atoms with Gasteiger partial charge in [-0.2, -0.15) is 0 Å². The van der Waals surface area contributed by atoms with Gasteiger partial charge in [-0.25, -0.2) is 8.78 Å². The Bertz CT molecular complexity index is 796. The van der Waals surface area contributed by atoms with E-state index >= 15 is 0 Å². The van der Waals surface area contributed by atoms with Crippen LogP contribution in [0, 0.1) is 11.6 Å². The van der Waals surface area contributed by atoms with Crippen LogP contribution >= 0.6 is 0 Å². The fraction of sp³-hybridized carbons (Fsp3) is 0.455. The van der Waals surface area contributed by atoms with E-state index in [1.54, 1.807) is 12.1 Å². The number of rotatable bonds is 6. The third-order valence-electron chi connectivity index (χ3n) is 5.73. The standard InChI is InChI=1S/C22H25F2NO3Si/c23-15-3-6-19-13(9-15)1-5-20(28-19)17(26)11-25-12-18(27)22-7-2-14-10-16(24)4-8-21(14)29-22/h3-4,6,8-10,17-18,20,22,25-27H,1-2,5,7,11-12H2. The molecule has 4 nitrogen and oxygen atoms in total. The van der Waals surface area contributed by atoms with E-state index in [0.29, 0.717) is 41.2 Å². The first-order valence-electron chi connectivity index (χ1n) is 10.1. The Hall–Kier alpha value is -1.80. The summed E-state index contributed by atoms with van der Waals surface area (Å²) in [4.78, 5) is 0. The van der Waals surface area contributed by atoms with E-state index in [1.165, 1.54) is 18.2 Å². The van der Waals surface area contributed by atoms with Crippen molar-refractivity contribution in [3.8, 4) is 5.75 Å². The molecule has 2 radical (unpaired) electrons. The summed E-state index contributed by atoms with van der Waals surface area (Å²) in [6, 6.07) is 9.34. The van der Waals surface area contributed by atoms with Gasteiger partial charge >= 0.3 is 0 Å². The fourth-order valence-electron chi connectivity index (χ4n) is 4.08. The smallest absolute Gasteiger partial charge is 0.126 e. The summed E-state index contributed by atoms with van der Waals surface area (Å²) < 4.78 is 32.5. The highest BCUT2D eigenvalue weighted by Gasteiger charge is 2.28. The van der Waals surface area contributed by atoms with Gasteiger partial charge in [0.2, 0.25) is 0 Å². The van der Waals surface area contributed by atoms with Crippen molar-refractivity contribution in [1.29, 1.82) is 0 Å². The first-order valence-corrected chi connectivity index (χ1v) is 11.1. The van der Waals surface area contributed by atoms with Gasteiger partial charge in [-0.05, 0) is 72.7 Å². The summed E-state index contributed by atoms with van der Waals surface area (Å²) in [5, 5.41) is 25.3. The van der Waals surface area contributed by atoms with Crippen molar-refractivity contribution in [3.05, 3.63) is 59.2 Å². The summed E-state index contributed by atoms with van der Waals surface area (Å²) in [5.41, 5.74) is 2.02. The SMILES string of the molecule is OC(CNCC(O)C1CCc2cc(F)ccc2[Si]1)C1CCc2cc(F)ccc2O1. The molecule has 0 fully saturated rings. The van der Waals surface area contributed by atoms with Crippen LogP contribution in [0.1, 0.15) is 24.0 Å². The minimum Gasteiger partial charge on any atom is -0.487 e. The molecule has 0 spiro atoms. The van der Waals surface area contributed by atoms with E-state index in [-0.39, 0.29) is 23.3 Å². The van der Waals surface area contributed by atoms with Crippen molar-refractivity contribution < 1.29 is 23.7 Å². The van der Waals surface area contributed by atoms with Crippen LogP contribution in [-0.2, 0) is 12.8 Å². The molecule has 2 aromatic rings. The molecular formula is C22H25F2NO3Si.